The van der Waals surface area contributed by atoms with E-state index in [0.717, 1.165) is 10.8 Å². The fourth-order valence-electron chi connectivity index (χ4n) is 1.64. The molecule has 1 unspecified atom stereocenters. The summed E-state index contributed by atoms with van der Waals surface area (Å²) in [5, 5.41) is 29.0. The number of carbonyl (C=O) groups is 1. The summed E-state index contributed by atoms with van der Waals surface area (Å²) >= 11 is 0. The monoisotopic (exact) mass is 243 g/mol. The third kappa shape index (κ3) is 1.79. The van der Waals surface area contributed by atoms with Crippen molar-refractivity contribution in [2.75, 3.05) is 6.61 Å². The summed E-state index contributed by atoms with van der Waals surface area (Å²) in [6, 6.07) is 0. The van der Waals surface area contributed by atoms with Gasteiger partial charge in [-0.2, -0.15) is 4.57 Å². The summed E-state index contributed by atoms with van der Waals surface area (Å²) < 4.78 is 5.98. The van der Waals surface area contributed by atoms with Gasteiger partial charge in [-0.05, 0) is 4.92 Å². The zero-order valence-corrected chi connectivity index (χ0v) is 8.46. The first kappa shape index (κ1) is 11.6. The summed E-state index contributed by atoms with van der Waals surface area (Å²) in [5.41, 5.74) is 0. The van der Waals surface area contributed by atoms with E-state index in [1.54, 1.807) is 0 Å². The van der Waals surface area contributed by atoms with Gasteiger partial charge in [0.2, 0.25) is 6.23 Å². The highest BCUT2D eigenvalue weighted by Crippen LogP contribution is 2.28. The largest absolute Gasteiger partial charge is 0.436 e. The zero-order valence-electron chi connectivity index (χ0n) is 8.46. The maximum absolute atomic E-state index is 11.4. The van der Waals surface area contributed by atoms with Gasteiger partial charge in [-0.25, -0.2) is 0 Å². The molecule has 1 aliphatic heterocycles. The maximum Gasteiger partial charge on any atom is 0.436 e. The summed E-state index contributed by atoms with van der Waals surface area (Å²) in [7, 11) is 0. The lowest BCUT2D eigenvalue weighted by Crippen LogP contribution is -2.27. The van der Waals surface area contributed by atoms with E-state index in [1.807, 2.05) is 0 Å². The zero-order chi connectivity index (χ0) is 12.6. The molecule has 0 bridgehead atoms. The van der Waals surface area contributed by atoms with Gasteiger partial charge in [0.1, 0.15) is 18.5 Å². The van der Waals surface area contributed by atoms with Gasteiger partial charge in [-0.15, -0.1) is 0 Å². The highest BCUT2D eigenvalue weighted by atomic mass is 16.6. The van der Waals surface area contributed by atoms with Crippen LogP contribution in [0.3, 0.4) is 0 Å². The molecule has 1 saturated heterocycles. The number of ether oxygens (including phenoxy) is 1. The van der Waals surface area contributed by atoms with Crippen LogP contribution in [0.5, 0.6) is 0 Å². The number of nitrogens with zero attached hydrogens (tertiary/aromatic N) is 3. The van der Waals surface area contributed by atoms with E-state index in [9.17, 15) is 20.0 Å². The molecule has 1 fully saturated rings. The number of nitro groups is 1. The van der Waals surface area contributed by atoms with E-state index in [0.29, 0.717) is 0 Å². The first-order valence-corrected chi connectivity index (χ1v) is 4.71. The number of rotatable bonds is 3. The van der Waals surface area contributed by atoms with Gasteiger partial charge in [-0.1, -0.05) is 4.98 Å². The Balaban J connectivity index is 2.32. The normalized spacial score (nSPS) is 28.6. The number of hydrogen-bond donors (Lipinski definition) is 2. The SMILES string of the molecule is O=C1C(CO)O[C@@H](n2ccnc2[N+](=O)[O-])[C@H]1O. The Morgan fingerprint density at radius 3 is 2.88 bits per heavy atom. The highest BCUT2D eigenvalue weighted by molar-refractivity contribution is 5.89. The molecule has 0 radical (unpaired) electrons. The van der Waals surface area contributed by atoms with E-state index < -0.39 is 41.7 Å². The van der Waals surface area contributed by atoms with Crippen molar-refractivity contribution in [1.29, 1.82) is 0 Å². The summed E-state index contributed by atoms with van der Waals surface area (Å²) in [4.78, 5) is 24.7. The number of aromatic nitrogens is 2. The molecule has 3 atom stereocenters. The Bertz CT molecular complexity index is 458. The van der Waals surface area contributed by atoms with Crippen LogP contribution in [0, 0.1) is 10.1 Å². The topological polar surface area (TPSA) is 128 Å². The van der Waals surface area contributed by atoms with Gasteiger partial charge in [0.15, 0.2) is 11.9 Å². The number of carbonyl (C=O) groups excluding carboxylic acids is 1. The molecule has 92 valence electrons. The predicted octanol–water partition coefficient (Wildman–Crippen LogP) is -1.39. The number of ketones is 1. The molecule has 2 rings (SSSR count). The highest BCUT2D eigenvalue weighted by Gasteiger charge is 2.46. The number of imidazole rings is 1. The minimum atomic E-state index is -1.56. The Kier molecular flexibility index (Phi) is 2.88. The number of aliphatic hydroxyl groups excluding tert-OH is 2. The van der Waals surface area contributed by atoms with Crippen LogP contribution in [-0.4, -0.2) is 49.3 Å². The van der Waals surface area contributed by atoms with Gasteiger partial charge in [0.25, 0.3) is 0 Å². The molecule has 1 aromatic rings. The van der Waals surface area contributed by atoms with Gasteiger partial charge >= 0.3 is 5.95 Å². The standard InChI is InChI=1S/C8H9N3O6/c12-3-4-5(13)6(14)7(17-4)10-2-1-9-8(10)11(15)16/h1-2,4,6-7,12,14H,3H2/t4?,6-,7+/m0/s1. The van der Waals surface area contributed by atoms with Crippen molar-refractivity contribution in [2.24, 2.45) is 0 Å². The van der Waals surface area contributed by atoms with Gasteiger partial charge in [-0.3, -0.25) is 4.79 Å². The lowest BCUT2D eigenvalue weighted by atomic mass is 10.2. The first-order chi connectivity index (χ1) is 8.06. The van der Waals surface area contributed by atoms with E-state index in [-0.39, 0.29) is 0 Å². The second-order valence-electron chi connectivity index (χ2n) is 3.44. The second-order valence-corrected chi connectivity index (χ2v) is 3.44. The fraction of sp³-hybridized carbons (Fsp3) is 0.500. The number of aliphatic hydroxyl groups is 2. The Morgan fingerprint density at radius 1 is 1.65 bits per heavy atom. The van der Waals surface area contributed by atoms with E-state index in [4.69, 9.17) is 9.84 Å². The molecule has 9 nitrogen and oxygen atoms in total. The Labute approximate surface area is 94.4 Å². The molecule has 2 N–H and O–H groups in total. The quantitative estimate of drug-likeness (QED) is 0.494. The molecule has 0 amide bonds. The van der Waals surface area contributed by atoms with E-state index in [2.05, 4.69) is 4.98 Å². The first-order valence-electron chi connectivity index (χ1n) is 4.71. The molecule has 0 aliphatic carbocycles. The summed E-state index contributed by atoms with van der Waals surface area (Å²) in [6.45, 7) is -0.588. The van der Waals surface area contributed by atoms with Crippen LogP contribution in [0.25, 0.3) is 0 Å². The molecule has 0 spiro atoms. The van der Waals surface area contributed by atoms with Crippen molar-refractivity contribution >= 4 is 11.7 Å². The summed E-state index contributed by atoms with van der Waals surface area (Å²) in [5.74, 6) is -1.25. The lowest BCUT2D eigenvalue weighted by Gasteiger charge is -2.11. The second kappa shape index (κ2) is 4.20. The molecule has 1 aliphatic rings. The van der Waals surface area contributed by atoms with Crippen molar-refractivity contribution < 1.29 is 24.7 Å². The maximum atomic E-state index is 11.4. The number of Topliss-reactive ketones (excluding diaryl/α,β-unsaturated/α-hetero) is 1. The van der Waals surface area contributed by atoms with Crippen molar-refractivity contribution in [3.05, 3.63) is 22.5 Å². The van der Waals surface area contributed by atoms with Gasteiger partial charge in [0, 0.05) is 0 Å². The van der Waals surface area contributed by atoms with Crippen LogP contribution < -0.4 is 0 Å². The van der Waals surface area contributed by atoms with Crippen LogP contribution in [0.4, 0.5) is 5.95 Å². The van der Waals surface area contributed by atoms with Crippen LogP contribution >= 0.6 is 0 Å². The summed E-state index contributed by atoms with van der Waals surface area (Å²) in [6.07, 6.45) is -1.58. The predicted molar refractivity (Wildman–Crippen MR) is 50.9 cm³/mol. The lowest BCUT2D eigenvalue weighted by molar-refractivity contribution is -0.398. The number of hydrogen-bond acceptors (Lipinski definition) is 7. The van der Waals surface area contributed by atoms with Crippen molar-refractivity contribution in [3.63, 3.8) is 0 Å². The van der Waals surface area contributed by atoms with E-state index in [1.165, 1.54) is 6.20 Å². The average Bonchev–Trinajstić information content (AvgIpc) is 2.86. The molecule has 0 saturated carbocycles. The minimum Gasteiger partial charge on any atom is -0.393 e. The minimum absolute atomic E-state index is 0.541. The smallest absolute Gasteiger partial charge is 0.393 e. The van der Waals surface area contributed by atoms with Gasteiger partial charge < -0.3 is 25.1 Å². The molecule has 17 heavy (non-hydrogen) atoms. The fourth-order valence-corrected chi connectivity index (χ4v) is 1.64. The molecule has 0 aromatic carbocycles. The molecule has 2 heterocycles. The third-order valence-corrected chi connectivity index (χ3v) is 2.43. The molecular formula is C8H9N3O6. The van der Waals surface area contributed by atoms with Gasteiger partial charge in [0.05, 0.1) is 6.61 Å². The molecular weight excluding hydrogens is 234 g/mol. The molecule has 9 heteroatoms. The Morgan fingerprint density at radius 2 is 2.35 bits per heavy atom. The third-order valence-electron chi connectivity index (χ3n) is 2.43. The van der Waals surface area contributed by atoms with Crippen LogP contribution in [0.15, 0.2) is 12.4 Å². The van der Waals surface area contributed by atoms with Crippen LogP contribution in [0.1, 0.15) is 6.23 Å². The van der Waals surface area contributed by atoms with E-state index >= 15 is 0 Å². The molecule has 1 aromatic heterocycles. The average molecular weight is 243 g/mol. The van der Waals surface area contributed by atoms with Crippen molar-refractivity contribution in [1.82, 2.24) is 9.55 Å². The van der Waals surface area contributed by atoms with Crippen molar-refractivity contribution in [2.45, 2.75) is 18.4 Å². The van der Waals surface area contributed by atoms with Crippen molar-refractivity contribution in [3.8, 4) is 0 Å². The van der Waals surface area contributed by atoms with Crippen LogP contribution in [0.2, 0.25) is 0 Å². The Hall–Kier alpha value is -1.84. The van der Waals surface area contributed by atoms with Crippen LogP contribution in [-0.2, 0) is 9.53 Å².